The van der Waals surface area contributed by atoms with Gasteiger partial charge in [0.2, 0.25) is 0 Å². The molecule has 0 nitrogen and oxygen atoms in total. The van der Waals surface area contributed by atoms with E-state index in [1.807, 2.05) is 0 Å². The summed E-state index contributed by atoms with van der Waals surface area (Å²) in [6, 6.07) is 8.43. The van der Waals surface area contributed by atoms with Crippen molar-refractivity contribution in [3.8, 4) is 0 Å². The molecule has 0 aliphatic rings. The van der Waals surface area contributed by atoms with E-state index in [0.29, 0.717) is 0 Å². The van der Waals surface area contributed by atoms with Crippen LogP contribution in [0.3, 0.4) is 0 Å². The van der Waals surface area contributed by atoms with E-state index >= 15 is 0 Å². The van der Waals surface area contributed by atoms with Crippen LogP contribution in [0.15, 0.2) is 24.3 Å². The summed E-state index contributed by atoms with van der Waals surface area (Å²) in [5, 5.41) is 0.0908. The van der Waals surface area contributed by atoms with E-state index < -0.39 is 0 Å². The number of hydrogen-bond donors (Lipinski definition) is 0. The van der Waals surface area contributed by atoms with Crippen LogP contribution in [0.5, 0.6) is 0 Å². The van der Waals surface area contributed by atoms with Crippen molar-refractivity contribution in [1.82, 2.24) is 0 Å². The fourth-order valence-corrected chi connectivity index (χ4v) is 1.38. The fraction of sp³-hybridized carbons (Fsp3) is 0.500. The summed E-state index contributed by atoms with van der Waals surface area (Å²) in [6.07, 6.45) is 0. The highest BCUT2D eigenvalue weighted by Crippen LogP contribution is 2.38. The molecule has 0 spiro atoms. The van der Waals surface area contributed by atoms with Crippen molar-refractivity contribution in [2.24, 2.45) is 5.41 Å². The minimum atomic E-state index is 0.0908. The van der Waals surface area contributed by atoms with E-state index in [1.165, 1.54) is 11.1 Å². The summed E-state index contributed by atoms with van der Waals surface area (Å²) in [4.78, 5) is 0. The molecule has 72 valence electrons. The maximum absolute atomic E-state index is 6.33. The van der Waals surface area contributed by atoms with Crippen molar-refractivity contribution >= 4 is 11.6 Å². The number of rotatable bonds is 1. The molecule has 1 unspecified atom stereocenters. The highest BCUT2D eigenvalue weighted by molar-refractivity contribution is 6.21. The predicted molar refractivity (Wildman–Crippen MR) is 59.2 cm³/mol. The van der Waals surface area contributed by atoms with Gasteiger partial charge in [-0.25, -0.2) is 0 Å². The minimum absolute atomic E-state index is 0.0908. The summed E-state index contributed by atoms with van der Waals surface area (Å²) in [7, 11) is 0. The topological polar surface area (TPSA) is 0 Å². The third-order valence-electron chi connectivity index (χ3n) is 2.13. The highest BCUT2D eigenvalue weighted by Gasteiger charge is 2.23. The average molecular weight is 197 g/mol. The molecule has 1 aromatic carbocycles. The summed E-state index contributed by atoms with van der Waals surface area (Å²) in [5.74, 6) is 0. The lowest BCUT2D eigenvalue weighted by atomic mass is 9.87. The maximum atomic E-state index is 6.33. The lowest BCUT2D eigenvalue weighted by molar-refractivity contribution is 0.396. The molecule has 0 saturated carbocycles. The first-order chi connectivity index (χ1) is 5.91. The molecule has 0 aliphatic heterocycles. The van der Waals surface area contributed by atoms with E-state index in [-0.39, 0.29) is 10.8 Å². The molecule has 1 aromatic rings. The molecule has 0 aromatic heterocycles. The molecule has 1 heteroatoms. The van der Waals surface area contributed by atoms with Crippen LogP contribution < -0.4 is 0 Å². The Hall–Kier alpha value is -0.490. The fourth-order valence-electron chi connectivity index (χ4n) is 1.24. The van der Waals surface area contributed by atoms with Gasteiger partial charge in [0.05, 0.1) is 5.38 Å². The smallest absolute Gasteiger partial charge is 0.0633 e. The average Bonchev–Trinajstić information content (AvgIpc) is 2.03. The summed E-state index contributed by atoms with van der Waals surface area (Å²) in [6.45, 7) is 8.56. The van der Waals surface area contributed by atoms with Crippen LogP contribution in [-0.4, -0.2) is 0 Å². The molecule has 1 rings (SSSR count). The number of alkyl halides is 1. The Bertz CT molecular complexity index is 266. The largest absolute Gasteiger partial charge is 0.117 e. The van der Waals surface area contributed by atoms with Crippen LogP contribution in [0, 0.1) is 12.3 Å². The molecule has 0 aliphatic carbocycles. The zero-order valence-corrected chi connectivity index (χ0v) is 9.52. The van der Waals surface area contributed by atoms with E-state index in [4.69, 9.17) is 11.6 Å². The van der Waals surface area contributed by atoms with E-state index in [2.05, 4.69) is 52.0 Å². The summed E-state index contributed by atoms with van der Waals surface area (Å²) < 4.78 is 0. The molecule has 0 bridgehead atoms. The van der Waals surface area contributed by atoms with Gasteiger partial charge in [0.25, 0.3) is 0 Å². The van der Waals surface area contributed by atoms with Gasteiger partial charge in [0.15, 0.2) is 0 Å². The summed E-state index contributed by atoms with van der Waals surface area (Å²) >= 11 is 6.33. The quantitative estimate of drug-likeness (QED) is 0.587. The zero-order chi connectivity index (χ0) is 10.1. The number of halogens is 1. The Morgan fingerprint density at radius 2 is 1.54 bits per heavy atom. The molecule has 1 atom stereocenters. The van der Waals surface area contributed by atoms with Gasteiger partial charge in [-0.2, -0.15) is 0 Å². The van der Waals surface area contributed by atoms with Crippen LogP contribution in [0.2, 0.25) is 0 Å². The predicted octanol–water partition coefficient (Wildman–Crippen LogP) is 4.32. The van der Waals surface area contributed by atoms with Crippen LogP contribution in [0.25, 0.3) is 0 Å². The van der Waals surface area contributed by atoms with Crippen molar-refractivity contribution in [1.29, 1.82) is 0 Å². The molecule has 0 fully saturated rings. The van der Waals surface area contributed by atoms with E-state index in [1.54, 1.807) is 0 Å². The first kappa shape index (κ1) is 10.6. The highest BCUT2D eigenvalue weighted by atomic mass is 35.5. The van der Waals surface area contributed by atoms with Crippen LogP contribution in [0.1, 0.15) is 37.3 Å². The Morgan fingerprint density at radius 3 is 1.92 bits per heavy atom. The van der Waals surface area contributed by atoms with Crippen molar-refractivity contribution in [3.05, 3.63) is 35.4 Å². The van der Waals surface area contributed by atoms with Crippen molar-refractivity contribution < 1.29 is 0 Å². The van der Waals surface area contributed by atoms with Gasteiger partial charge < -0.3 is 0 Å². The zero-order valence-electron chi connectivity index (χ0n) is 8.76. The molecule has 0 amide bonds. The van der Waals surface area contributed by atoms with Crippen molar-refractivity contribution in [2.45, 2.75) is 33.1 Å². The van der Waals surface area contributed by atoms with Crippen molar-refractivity contribution in [3.63, 3.8) is 0 Å². The van der Waals surface area contributed by atoms with Crippen LogP contribution in [-0.2, 0) is 0 Å². The van der Waals surface area contributed by atoms with Gasteiger partial charge >= 0.3 is 0 Å². The monoisotopic (exact) mass is 196 g/mol. The maximum Gasteiger partial charge on any atom is 0.0633 e. The molecule has 0 N–H and O–H groups in total. The first-order valence-corrected chi connectivity index (χ1v) is 5.05. The third kappa shape index (κ3) is 2.73. The molecule has 0 heterocycles. The van der Waals surface area contributed by atoms with Gasteiger partial charge in [-0.05, 0) is 17.9 Å². The summed E-state index contributed by atoms with van der Waals surface area (Å²) in [5.41, 5.74) is 2.61. The van der Waals surface area contributed by atoms with Gasteiger partial charge in [0.1, 0.15) is 0 Å². The Balaban J connectivity index is 2.90. The number of hydrogen-bond acceptors (Lipinski definition) is 0. The Labute approximate surface area is 85.9 Å². The third-order valence-corrected chi connectivity index (χ3v) is 3.04. The van der Waals surface area contributed by atoms with Crippen LogP contribution in [0.4, 0.5) is 0 Å². The van der Waals surface area contributed by atoms with Gasteiger partial charge in [-0.1, -0.05) is 50.6 Å². The van der Waals surface area contributed by atoms with Gasteiger partial charge in [0, 0.05) is 0 Å². The van der Waals surface area contributed by atoms with E-state index in [0.717, 1.165) is 0 Å². The van der Waals surface area contributed by atoms with Gasteiger partial charge in [-0.3, -0.25) is 0 Å². The molecule has 0 saturated heterocycles. The van der Waals surface area contributed by atoms with E-state index in [9.17, 15) is 0 Å². The molecular weight excluding hydrogens is 180 g/mol. The molecule has 0 radical (unpaired) electrons. The second-order valence-electron chi connectivity index (χ2n) is 4.64. The standard InChI is InChI=1S/C12H17Cl/c1-9-5-7-10(8-6-9)11(13)12(2,3)4/h5-8,11H,1-4H3. The Kier molecular flexibility index (Phi) is 3.02. The van der Waals surface area contributed by atoms with Crippen LogP contribution >= 0.6 is 11.6 Å². The molecular formula is C12H17Cl. The lowest BCUT2D eigenvalue weighted by Gasteiger charge is -2.25. The minimum Gasteiger partial charge on any atom is -0.117 e. The normalized spacial score (nSPS) is 14.2. The van der Waals surface area contributed by atoms with Crippen molar-refractivity contribution in [2.75, 3.05) is 0 Å². The first-order valence-electron chi connectivity index (χ1n) is 4.62. The number of aryl methyl sites for hydroxylation is 1. The SMILES string of the molecule is Cc1ccc(C(Cl)C(C)(C)C)cc1. The number of benzene rings is 1. The lowest BCUT2D eigenvalue weighted by Crippen LogP contribution is -2.12. The Morgan fingerprint density at radius 1 is 1.08 bits per heavy atom. The second-order valence-corrected chi connectivity index (χ2v) is 5.08. The molecule has 13 heavy (non-hydrogen) atoms. The second kappa shape index (κ2) is 3.71. The van der Waals surface area contributed by atoms with Gasteiger partial charge in [-0.15, -0.1) is 11.6 Å².